The van der Waals surface area contributed by atoms with Gasteiger partial charge in [-0.2, -0.15) is 0 Å². The van der Waals surface area contributed by atoms with E-state index >= 15 is 0 Å². The van der Waals surface area contributed by atoms with Crippen molar-refractivity contribution in [2.45, 2.75) is 66.2 Å². The molecule has 11 heteroatoms. The summed E-state index contributed by atoms with van der Waals surface area (Å²) < 4.78 is 65.4. The molecule has 4 saturated carbocycles. The van der Waals surface area contributed by atoms with E-state index in [0.717, 1.165) is 12.8 Å². The Morgan fingerprint density at radius 2 is 1.03 bits per heavy atom. The molecule has 0 amide bonds. The van der Waals surface area contributed by atoms with E-state index in [1.165, 1.54) is 0 Å². The van der Waals surface area contributed by atoms with E-state index < -0.39 is 42.6 Å². The number of fused-ring (bicyclic) bond motifs is 4. The third-order valence-electron chi connectivity index (χ3n) is 9.12. The summed E-state index contributed by atoms with van der Waals surface area (Å²) >= 11 is 0. The van der Waals surface area contributed by atoms with Crippen molar-refractivity contribution >= 4 is 69.5 Å². The van der Waals surface area contributed by atoms with Crippen molar-refractivity contribution in [1.82, 2.24) is 0 Å². The molecule has 172 valence electrons. The first kappa shape index (κ1) is 27.7. The quantitative estimate of drug-likeness (QED) is 0.414. The van der Waals surface area contributed by atoms with Crippen LogP contribution in [-0.2, 0) is 29.8 Å². The van der Waals surface area contributed by atoms with Gasteiger partial charge in [-0.1, -0.05) is 27.7 Å². The van der Waals surface area contributed by atoms with Crippen LogP contribution in [0.1, 0.15) is 66.2 Å². The molecule has 4 atom stereocenters. The molecule has 0 heterocycles. The molecule has 0 saturated heterocycles. The fourth-order valence-electron chi connectivity index (χ4n) is 6.82. The number of Topliss-reactive ketones (excluding diaryl/α,β-unsaturated/α-hetero) is 2. The molecule has 0 aliphatic heterocycles. The van der Waals surface area contributed by atoms with E-state index in [2.05, 4.69) is 0 Å². The maximum Gasteiger partial charge on any atom is 2.00 e. The van der Waals surface area contributed by atoms with Crippen molar-refractivity contribution in [2.24, 2.45) is 33.5 Å². The average Bonchev–Trinajstić information content (AvgIpc) is 3.05. The normalized spacial score (nSPS) is 37.4. The first-order valence-electron chi connectivity index (χ1n) is 10.3. The van der Waals surface area contributed by atoms with Gasteiger partial charge in [-0.3, -0.25) is 9.59 Å². The van der Waals surface area contributed by atoms with Crippen molar-refractivity contribution in [2.75, 3.05) is 11.5 Å². The van der Waals surface area contributed by atoms with Crippen molar-refractivity contribution < 1.29 is 35.5 Å². The van der Waals surface area contributed by atoms with Crippen LogP contribution in [0.4, 0.5) is 0 Å². The van der Waals surface area contributed by atoms with Gasteiger partial charge in [-0.25, -0.2) is 16.8 Å². The first-order valence-corrected chi connectivity index (χ1v) is 13.5. The molecule has 0 radical (unpaired) electrons. The minimum absolute atomic E-state index is 0. The van der Waals surface area contributed by atoms with Crippen molar-refractivity contribution in [3.63, 3.8) is 0 Å². The molecule has 0 aromatic rings. The smallest absolute Gasteiger partial charge is 0.748 e. The Morgan fingerprint density at radius 3 is 1.19 bits per heavy atom. The summed E-state index contributed by atoms with van der Waals surface area (Å²) in [4.78, 5) is 23.7. The van der Waals surface area contributed by atoms with E-state index in [1.54, 1.807) is 0 Å². The fourth-order valence-corrected chi connectivity index (χ4v) is 9.38. The summed E-state index contributed by atoms with van der Waals surface area (Å²) in [6, 6.07) is 0. The van der Waals surface area contributed by atoms with Crippen LogP contribution in [0.3, 0.4) is 0 Å². The standard InChI is InChI=1S/2C10H16O4S.Ca/c2*1-9(2)7-3-4-10(9,8(11)5-7)6-15(12,13)14;/h2*7H,3-6H2,1-2H3,(H,12,13,14);/q;;+2/p-2/t2*7-,10+;/m00./s1. The second kappa shape index (κ2) is 8.27. The van der Waals surface area contributed by atoms with Gasteiger partial charge < -0.3 is 9.11 Å². The molecular weight excluding hydrogens is 472 g/mol. The monoisotopic (exact) mass is 502 g/mol. The molecule has 4 bridgehead atoms. The molecule has 0 aromatic heterocycles. The summed E-state index contributed by atoms with van der Waals surface area (Å²) in [7, 11) is -8.65. The first-order chi connectivity index (χ1) is 13.4. The fraction of sp³-hybridized carbons (Fsp3) is 0.900. The number of hydrogen-bond acceptors (Lipinski definition) is 8. The SMILES string of the molecule is CC1(C)[C@H]2CC[C@@]1(CS(=O)(=O)[O-])C(=O)C2.CC1(C)[C@H]2CC[C@@]1(CS(=O)(=O)[O-])C(=O)C2.[Ca+2]. The zero-order valence-corrected chi connectivity index (χ0v) is 22.4. The molecule has 4 aliphatic carbocycles. The molecule has 0 N–H and O–H groups in total. The van der Waals surface area contributed by atoms with Gasteiger partial charge in [0.15, 0.2) is 0 Å². The van der Waals surface area contributed by atoms with E-state index in [1.807, 2.05) is 27.7 Å². The van der Waals surface area contributed by atoms with Crippen LogP contribution in [0.2, 0.25) is 0 Å². The molecule has 4 fully saturated rings. The maximum atomic E-state index is 11.8. The van der Waals surface area contributed by atoms with Crippen molar-refractivity contribution in [3.05, 3.63) is 0 Å². The number of carbonyl (C=O) groups excluding carboxylic acids is 2. The maximum absolute atomic E-state index is 11.8. The van der Waals surface area contributed by atoms with Gasteiger partial charge in [-0.15, -0.1) is 0 Å². The molecule has 31 heavy (non-hydrogen) atoms. The topological polar surface area (TPSA) is 149 Å². The Balaban J connectivity index is 0.000000213. The Morgan fingerprint density at radius 1 is 0.742 bits per heavy atom. The number of carbonyl (C=O) groups is 2. The summed E-state index contributed by atoms with van der Waals surface area (Å²) in [5.74, 6) is -0.560. The van der Waals surface area contributed by atoms with Gasteiger partial charge in [0, 0.05) is 23.7 Å². The summed E-state index contributed by atoms with van der Waals surface area (Å²) in [6.07, 6.45) is 3.75. The van der Waals surface area contributed by atoms with Crippen LogP contribution < -0.4 is 0 Å². The molecule has 8 nitrogen and oxygen atoms in total. The third kappa shape index (κ3) is 4.44. The minimum Gasteiger partial charge on any atom is -0.748 e. The molecule has 4 rings (SSSR count). The molecule has 4 aliphatic rings. The van der Waals surface area contributed by atoms with E-state index in [0.29, 0.717) is 25.7 Å². The second-order valence-electron chi connectivity index (χ2n) is 10.7. The number of rotatable bonds is 4. The summed E-state index contributed by atoms with van der Waals surface area (Å²) in [6.45, 7) is 7.67. The zero-order valence-electron chi connectivity index (χ0n) is 18.6. The van der Waals surface area contributed by atoms with Gasteiger partial charge in [0.1, 0.15) is 11.6 Å². The van der Waals surface area contributed by atoms with Gasteiger partial charge in [0.05, 0.1) is 31.7 Å². The van der Waals surface area contributed by atoms with Crippen LogP contribution in [0.15, 0.2) is 0 Å². The van der Waals surface area contributed by atoms with Gasteiger partial charge in [-0.05, 0) is 48.3 Å². The second-order valence-corrected chi connectivity index (χ2v) is 13.5. The summed E-state index contributed by atoms with van der Waals surface area (Å²) in [5, 5.41) is 0. The Kier molecular flexibility index (Phi) is 7.38. The van der Waals surface area contributed by atoms with Gasteiger partial charge >= 0.3 is 37.7 Å². The molecule has 0 unspecified atom stereocenters. The minimum atomic E-state index is -4.33. The Hall–Kier alpha value is 0.420. The number of hydrogen-bond donors (Lipinski definition) is 0. The predicted octanol–water partition coefficient (Wildman–Crippen LogP) is 1.47. The van der Waals surface area contributed by atoms with Crippen molar-refractivity contribution in [1.29, 1.82) is 0 Å². The van der Waals surface area contributed by atoms with Crippen LogP contribution >= 0.6 is 0 Å². The Bertz CT molecular complexity index is 905. The zero-order chi connectivity index (χ0) is 23.0. The third-order valence-corrected chi connectivity index (χ3v) is 10.8. The Labute approximate surface area is 214 Å². The summed E-state index contributed by atoms with van der Waals surface area (Å²) in [5.41, 5.74) is -2.44. The predicted molar refractivity (Wildman–Crippen MR) is 112 cm³/mol. The van der Waals surface area contributed by atoms with Gasteiger partial charge in [0.25, 0.3) is 0 Å². The van der Waals surface area contributed by atoms with Crippen LogP contribution in [0, 0.1) is 33.5 Å². The van der Waals surface area contributed by atoms with E-state index in [-0.39, 0.29) is 72.0 Å². The van der Waals surface area contributed by atoms with E-state index in [9.17, 15) is 35.5 Å². The number of ketones is 2. The average molecular weight is 503 g/mol. The van der Waals surface area contributed by atoms with Crippen molar-refractivity contribution in [3.8, 4) is 0 Å². The van der Waals surface area contributed by atoms with Gasteiger partial charge in [0.2, 0.25) is 0 Å². The van der Waals surface area contributed by atoms with E-state index in [4.69, 9.17) is 0 Å². The molecule has 0 spiro atoms. The largest absolute Gasteiger partial charge is 2.00 e. The van der Waals surface area contributed by atoms with Crippen LogP contribution in [0.5, 0.6) is 0 Å². The van der Waals surface area contributed by atoms with Crippen LogP contribution in [0.25, 0.3) is 0 Å². The molecular formula is C20H30CaO8S2. The molecule has 0 aromatic carbocycles. The van der Waals surface area contributed by atoms with Crippen LogP contribution in [-0.4, -0.2) is 86.8 Å².